The molecule has 1 unspecified atom stereocenters. The summed E-state index contributed by atoms with van der Waals surface area (Å²) in [4.78, 5) is 6.26. The second-order valence-electron chi connectivity index (χ2n) is 7.59. The third-order valence-electron chi connectivity index (χ3n) is 5.85. The van der Waals surface area contributed by atoms with Gasteiger partial charge in [0, 0.05) is 34.7 Å². The zero-order valence-corrected chi connectivity index (χ0v) is 17.1. The number of ether oxygens (including phenoxy) is 1. The van der Waals surface area contributed by atoms with Gasteiger partial charge in [-0.2, -0.15) is 0 Å². The number of aromatic amines is 1. The van der Waals surface area contributed by atoms with Crippen molar-refractivity contribution in [3.05, 3.63) is 100 Å². The first-order chi connectivity index (χ1) is 14.2. The van der Waals surface area contributed by atoms with Crippen LogP contribution in [0, 0.1) is 0 Å². The van der Waals surface area contributed by atoms with Crippen LogP contribution >= 0.6 is 11.6 Å². The molecule has 146 valence electrons. The summed E-state index contributed by atoms with van der Waals surface area (Å²) in [7, 11) is 1.71. The summed E-state index contributed by atoms with van der Waals surface area (Å²) in [5.41, 5.74) is 6.40. The van der Waals surface area contributed by atoms with Gasteiger partial charge in [-0.25, -0.2) is 0 Å². The van der Waals surface area contributed by atoms with E-state index in [-0.39, 0.29) is 6.04 Å². The fraction of sp³-hybridized carbons (Fsp3) is 0.200. The third kappa shape index (κ3) is 3.41. The smallest absolute Gasteiger partial charge is 0.118 e. The van der Waals surface area contributed by atoms with Gasteiger partial charge in [0.05, 0.1) is 13.2 Å². The van der Waals surface area contributed by atoms with Gasteiger partial charge in [-0.1, -0.05) is 54.1 Å². The lowest BCUT2D eigenvalue weighted by molar-refractivity contribution is 0.202. The van der Waals surface area contributed by atoms with Crippen LogP contribution in [-0.2, 0) is 13.0 Å². The van der Waals surface area contributed by atoms with E-state index in [1.807, 2.05) is 18.2 Å². The quantitative estimate of drug-likeness (QED) is 0.455. The number of benzene rings is 3. The standard InChI is InChI=1S/C25H23ClN2O/c1-29-20-10-7-18(8-11-20)25-24-21(22-15-19(26)9-12-23(22)27-24)13-14-28(25)16-17-5-3-2-4-6-17/h2-12,15,25,27H,13-14,16H2,1H3. The maximum Gasteiger partial charge on any atom is 0.118 e. The Bertz CT molecular complexity index is 1130. The van der Waals surface area contributed by atoms with Gasteiger partial charge in [-0.15, -0.1) is 0 Å². The van der Waals surface area contributed by atoms with Crippen LogP contribution in [0.2, 0.25) is 5.02 Å². The fourth-order valence-corrected chi connectivity index (χ4v) is 4.63. The van der Waals surface area contributed by atoms with E-state index in [4.69, 9.17) is 16.3 Å². The van der Waals surface area contributed by atoms with Gasteiger partial charge < -0.3 is 9.72 Å². The van der Waals surface area contributed by atoms with E-state index in [2.05, 4.69) is 64.5 Å². The molecule has 0 spiro atoms. The minimum absolute atomic E-state index is 0.163. The fourth-order valence-electron chi connectivity index (χ4n) is 4.46. The molecule has 0 aliphatic carbocycles. The van der Waals surface area contributed by atoms with Crippen molar-refractivity contribution in [1.82, 2.24) is 9.88 Å². The van der Waals surface area contributed by atoms with Crippen LogP contribution in [0.15, 0.2) is 72.8 Å². The highest BCUT2D eigenvalue weighted by molar-refractivity contribution is 6.31. The topological polar surface area (TPSA) is 28.3 Å². The van der Waals surface area contributed by atoms with Crippen molar-refractivity contribution in [3.63, 3.8) is 0 Å². The summed E-state index contributed by atoms with van der Waals surface area (Å²) in [6, 6.07) is 25.4. The van der Waals surface area contributed by atoms with E-state index in [0.29, 0.717) is 0 Å². The van der Waals surface area contributed by atoms with Crippen LogP contribution in [0.1, 0.15) is 28.4 Å². The first-order valence-corrected chi connectivity index (χ1v) is 10.3. The van der Waals surface area contributed by atoms with Crippen LogP contribution in [0.25, 0.3) is 10.9 Å². The van der Waals surface area contributed by atoms with Crippen molar-refractivity contribution in [3.8, 4) is 5.75 Å². The molecule has 3 aromatic carbocycles. The van der Waals surface area contributed by atoms with E-state index in [0.717, 1.165) is 35.8 Å². The molecule has 0 saturated carbocycles. The first kappa shape index (κ1) is 18.3. The summed E-state index contributed by atoms with van der Waals surface area (Å²) in [5, 5.41) is 2.03. The number of rotatable bonds is 4. The van der Waals surface area contributed by atoms with E-state index in [9.17, 15) is 0 Å². The molecule has 29 heavy (non-hydrogen) atoms. The molecule has 2 heterocycles. The number of hydrogen-bond acceptors (Lipinski definition) is 2. The minimum atomic E-state index is 0.163. The number of halogens is 1. The maximum atomic E-state index is 6.30. The van der Waals surface area contributed by atoms with Crippen LogP contribution in [0.3, 0.4) is 0 Å². The molecule has 5 rings (SSSR count). The highest BCUT2D eigenvalue weighted by Gasteiger charge is 2.31. The van der Waals surface area contributed by atoms with Crippen LogP contribution < -0.4 is 4.74 Å². The van der Waals surface area contributed by atoms with E-state index in [1.54, 1.807) is 7.11 Å². The zero-order valence-electron chi connectivity index (χ0n) is 16.4. The summed E-state index contributed by atoms with van der Waals surface area (Å²) >= 11 is 6.30. The van der Waals surface area contributed by atoms with Gasteiger partial charge in [-0.05, 0) is 53.4 Å². The first-order valence-electron chi connectivity index (χ1n) is 9.95. The molecule has 1 aliphatic rings. The number of H-pyrrole nitrogens is 1. The number of nitrogens with one attached hydrogen (secondary N) is 1. The minimum Gasteiger partial charge on any atom is -0.497 e. The molecule has 0 amide bonds. The molecule has 0 fully saturated rings. The van der Waals surface area contributed by atoms with Gasteiger partial charge in [0.25, 0.3) is 0 Å². The molecule has 1 N–H and O–H groups in total. The Balaban J connectivity index is 1.62. The lowest BCUT2D eigenvalue weighted by Gasteiger charge is -2.36. The summed E-state index contributed by atoms with van der Waals surface area (Å²) < 4.78 is 5.37. The van der Waals surface area contributed by atoms with Gasteiger partial charge in [0.2, 0.25) is 0 Å². The second kappa shape index (κ2) is 7.58. The molecule has 1 atom stereocenters. The van der Waals surface area contributed by atoms with Gasteiger partial charge in [0.1, 0.15) is 5.75 Å². The van der Waals surface area contributed by atoms with Crippen molar-refractivity contribution in [2.24, 2.45) is 0 Å². The molecule has 0 radical (unpaired) electrons. The summed E-state index contributed by atoms with van der Waals surface area (Å²) in [6.07, 6.45) is 1.01. The second-order valence-corrected chi connectivity index (χ2v) is 8.03. The lowest BCUT2D eigenvalue weighted by Crippen LogP contribution is -2.35. The maximum absolute atomic E-state index is 6.30. The number of fused-ring (bicyclic) bond motifs is 3. The SMILES string of the molecule is COc1ccc(C2c3[nH]c4ccc(Cl)cc4c3CCN2Cc2ccccc2)cc1. The molecule has 4 aromatic rings. The number of hydrogen-bond donors (Lipinski definition) is 1. The van der Waals surface area contributed by atoms with Crippen LogP contribution in [0.5, 0.6) is 5.75 Å². The number of methoxy groups -OCH3 is 1. The Labute approximate surface area is 175 Å². The molecule has 3 nitrogen and oxygen atoms in total. The Morgan fingerprint density at radius 2 is 1.83 bits per heavy atom. The van der Waals surface area contributed by atoms with Crippen molar-refractivity contribution < 1.29 is 4.74 Å². The summed E-state index contributed by atoms with van der Waals surface area (Å²) in [5.74, 6) is 0.878. The number of aromatic nitrogens is 1. The predicted molar refractivity (Wildman–Crippen MR) is 119 cm³/mol. The normalized spacial score (nSPS) is 16.7. The van der Waals surface area contributed by atoms with Gasteiger partial charge >= 0.3 is 0 Å². The van der Waals surface area contributed by atoms with Crippen molar-refractivity contribution in [2.45, 2.75) is 19.0 Å². The van der Waals surface area contributed by atoms with E-state index >= 15 is 0 Å². The summed E-state index contributed by atoms with van der Waals surface area (Å²) in [6.45, 7) is 1.91. The Morgan fingerprint density at radius 1 is 1.03 bits per heavy atom. The molecular formula is C25H23ClN2O. The van der Waals surface area contributed by atoms with Crippen molar-refractivity contribution in [2.75, 3.05) is 13.7 Å². The van der Waals surface area contributed by atoms with Gasteiger partial charge in [0.15, 0.2) is 0 Å². The average molecular weight is 403 g/mol. The Hall–Kier alpha value is -2.75. The zero-order chi connectivity index (χ0) is 19.8. The number of nitrogens with zero attached hydrogens (tertiary/aromatic N) is 1. The lowest BCUT2D eigenvalue weighted by atomic mass is 9.92. The predicted octanol–water partition coefficient (Wildman–Crippen LogP) is 5.98. The molecule has 1 aromatic heterocycles. The van der Waals surface area contributed by atoms with Crippen LogP contribution in [0.4, 0.5) is 0 Å². The van der Waals surface area contributed by atoms with Crippen LogP contribution in [-0.4, -0.2) is 23.5 Å². The van der Waals surface area contributed by atoms with Crippen molar-refractivity contribution in [1.29, 1.82) is 0 Å². The molecule has 4 heteroatoms. The van der Waals surface area contributed by atoms with E-state index in [1.165, 1.54) is 27.8 Å². The molecule has 1 aliphatic heterocycles. The monoisotopic (exact) mass is 402 g/mol. The highest BCUT2D eigenvalue weighted by Crippen LogP contribution is 2.40. The molecule has 0 bridgehead atoms. The van der Waals surface area contributed by atoms with E-state index < -0.39 is 0 Å². The highest BCUT2D eigenvalue weighted by atomic mass is 35.5. The Kier molecular flexibility index (Phi) is 4.78. The van der Waals surface area contributed by atoms with Gasteiger partial charge in [-0.3, -0.25) is 4.90 Å². The molecule has 0 saturated heterocycles. The Morgan fingerprint density at radius 3 is 2.59 bits per heavy atom. The average Bonchev–Trinajstić information content (AvgIpc) is 3.12. The molecular weight excluding hydrogens is 380 g/mol. The third-order valence-corrected chi connectivity index (χ3v) is 6.08. The largest absolute Gasteiger partial charge is 0.497 e. The van der Waals surface area contributed by atoms with Crippen molar-refractivity contribution >= 4 is 22.5 Å².